The summed E-state index contributed by atoms with van der Waals surface area (Å²) in [5.41, 5.74) is 6.85. The van der Waals surface area contributed by atoms with Gasteiger partial charge < -0.3 is 15.5 Å². The molecular formula is C19H29N5O2. The van der Waals surface area contributed by atoms with Gasteiger partial charge >= 0.3 is 11.8 Å². The van der Waals surface area contributed by atoms with Crippen LogP contribution in [0, 0.1) is 0 Å². The van der Waals surface area contributed by atoms with E-state index in [1.165, 1.54) is 5.56 Å². The summed E-state index contributed by atoms with van der Waals surface area (Å²) >= 11 is 0. The number of rotatable bonds is 4. The lowest BCUT2D eigenvalue weighted by Gasteiger charge is -2.37. The Bertz CT molecular complexity index is 593. The van der Waals surface area contributed by atoms with Gasteiger partial charge in [-0.15, -0.1) is 0 Å². The minimum atomic E-state index is -0.353. The number of carbonyl (C=O) groups excluding carboxylic acids is 2. The van der Waals surface area contributed by atoms with Gasteiger partial charge in [0.05, 0.1) is 0 Å². The van der Waals surface area contributed by atoms with E-state index in [-0.39, 0.29) is 11.8 Å². The fraction of sp³-hybridized carbons (Fsp3) is 0.579. The van der Waals surface area contributed by atoms with Crippen LogP contribution in [0.2, 0.25) is 0 Å². The zero-order chi connectivity index (χ0) is 18.4. The van der Waals surface area contributed by atoms with Crippen LogP contribution in [0.3, 0.4) is 0 Å². The van der Waals surface area contributed by atoms with Crippen molar-refractivity contribution in [3.63, 3.8) is 0 Å². The van der Waals surface area contributed by atoms with Crippen LogP contribution in [0.15, 0.2) is 30.3 Å². The van der Waals surface area contributed by atoms with Crippen molar-refractivity contribution in [2.75, 3.05) is 65.4 Å². The molecule has 0 aliphatic carbocycles. The van der Waals surface area contributed by atoms with Crippen LogP contribution in [-0.2, 0) is 16.1 Å². The first-order chi connectivity index (χ1) is 12.7. The standard InChI is InChI=1S/C19H29N5O2/c20-6-7-21-8-12-23(13-9-21)18(25)19(26)24-14-10-22(11-15-24)16-17-4-2-1-3-5-17/h1-5H,6-16,20H2. The lowest BCUT2D eigenvalue weighted by atomic mass is 10.2. The Hall–Kier alpha value is -1.96. The summed E-state index contributed by atoms with van der Waals surface area (Å²) in [6.07, 6.45) is 0. The lowest BCUT2D eigenvalue weighted by Crippen LogP contribution is -2.56. The van der Waals surface area contributed by atoms with Crippen LogP contribution in [0.5, 0.6) is 0 Å². The van der Waals surface area contributed by atoms with Gasteiger partial charge in [0.15, 0.2) is 0 Å². The number of piperazine rings is 2. The fourth-order valence-corrected chi connectivity index (χ4v) is 3.58. The molecule has 0 atom stereocenters. The van der Waals surface area contributed by atoms with Crippen molar-refractivity contribution in [3.05, 3.63) is 35.9 Å². The summed E-state index contributed by atoms with van der Waals surface area (Å²) in [7, 11) is 0. The molecule has 0 spiro atoms. The second-order valence-corrected chi connectivity index (χ2v) is 6.98. The van der Waals surface area contributed by atoms with Crippen LogP contribution in [-0.4, -0.2) is 96.9 Å². The van der Waals surface area contributed by atoms with Crippen LogP contribution in [0.4, 0.5) is 0 Å². The third-order valence-corrected chi connectivity index (χ3v) is 5.20. The molecule has 0 radical (unpaired) electrons. The van der Waals surface area contributed by atoms with Crippen LogP contribution in [0.25, 0.3) is 0 Å². The van der Waals surface area contributed by atoms with E-state index in [0.29, 0.717) is 32.7 Å². The Labute approximate surface area is 155 Å². The average Bonchev–Trinajstić information content (AvgIpc) is 2.69. The molecule has 0 saturated carbocycles. The van der Waals surface area contributed by atoms with Gasteiger partial charge in [-0.1, -0.05) is 30.3 Å². The Balaban J connectivity index is 1.44. The molecule has 0 unspecified atom stereocenters. The monoisotopic (exact) mass is 359 g/mol. The molecule has 0 aromatic heterocycles. The molecule has 2 aliphatic heterocycles. The van der Waals surface area contributed by atoms with Crippen molar-refractivity contribution in [2.45, 2.75) is 6.54 Å². The van der Waals surface area contributed by atoms with Crippen molar-refractivity contribution >= 4 is 11.8 Å². The first kappa shape index (κ1) is 18.8. The molecule has 1 aromatic rings. The first-order valence-corrected chi connectivity index (χ1v) is 9.44. The minimum Gasteiger partial charge on any atom is -0.332 e. The molecule has 2 heterocycles. The van der Waals surface area contributed by atoms with Gasteiger partial charge in [0.25, 0.3) is 0 Å². The van der Waals surface area contributed by atoms with E-state index in [9.17, 15) is 9.59 Å². The highest BCUT2D eigenvalue weighted by molar-refractivity contribution is 6.34. The summed E-state index contributed by atoms with van der Waals surface area (Å²) in [6.45, 7) is 8.00. The normalized spacial score (nSPS) is 19.6. The number of hydrogen-bond donors (Lipinski definition) is 1. The van der Waals surface area contributed by atoms with E-state index in [4.69, 9.17) is 5.73 Å². The Morgan fingerprint density at radius 2 is 1.27 bits per heavy atom. The Morgan fingerprint density at radius 1 is 0.769 bits per heavy atom. The van der Waals surface area contributed by atoms with Crippen molar-refractivity contribution in [2.24, 2.45) is 5.73 Å². The van der Waals surface area contributed by atoms with Gasteiger partial charge in [0, 0.05) is 72.0 Å². The second kappa shape index (κ2) is 9.12. The summed E-state index contributed by atoms with van der Waals surface area (Å²) in [6, 6.07) is 10.3. The molecule has 2 saturated heterocycles. The summed E-state index contributed by atoms with van der Waals surface area (Å²) in [4.78, 5) is 33.0. The topological polar surface area (TPSA) is 73.1 Å². The van der Waals surface area contributed by atoms with E-state index in [1.807, 2.05) is 18.2 Å². The van der Waals surface area contributed by atoms with Gasteiger partial charge in [0.1, 0.15) is 0 Å². The van der Waals surface area contributed by atoms with Crippen molar-refractivity contribution in [1.82, 2.24) is 19.6 Å². The molecule has 1 aromatic carbocycles. The molecule has 7 nitrogen and oxygen atoms in total. The molecule has 0 bridgehead atoms. The third-order valence-electron chi connectivity index (χ3n) is 5.20. The summed E-state index contributed by atoms with van der Waals surface area (Å²) in [5.74, 6) is -0.703. The molecule has 2 N–H and O–H groups in total. The average molecular weight is 359 g/mol. The highest BCUT2D eigenvalue weighted by atomic mass is 16.2. The molecule has 2 fully saturated rings. The number of amides is 2. The van der Waals surface area contributed by atoms with Crippen molar-refractivity contribution < 1.29 is 9.59 Å². The Kier molecular flexibility index (Phi) is 6.60. The van der Waals surface area contributed by atoms with Gasteiger partial charge in [-0.2, -0.15) is 0 Å². The minimum absolute atomic E-state index is 0.350. The molecule has 26 heavy (non-hydrogen) atoms. The SMILES string of the molecule is NCCN1CCN(C(=O)C(=O)N2CCN(Cc3ccccc3)CC2)CC1. The smallest absolute Gasteiger partial charge is 0.312 e. The number of nitrogens with zero attached hydrogens (tertiary/aromatic N) is 4. The van der Waals surface area contributed by atoms with Gasteiger partial charge in [0.2, 0.25) is 0 Å². The van der Waals surface area contributed by atoms with E-state index < -0.39 is 0 Å². The molecule has 2 amide bonds. The van der Waals surface area contributed by atoms with Crippen molar-refractivity contribution in [1.29, 1.82) is 0 Å². The molecule has 142 valence electrons. The number of hydrogen-bond acceptors (Lipinski definition) is 5. The zero-order valence-corrected chi connectivity index (χ0v) is 15.3. The van der Waals surface area contributed by atoms with Crippen molar-refractivity contribution in [3.8, 4) is 0 Å². The van der Waals surface area contributed by atoms with Crippen LogP contribution in [0.1, 0.15) is 5.56 Å². The summed E-state index contributed by atoms with van der Waals surface area (Å²) < 4.78 is 0. The maximum atomic E-state index is 12.6. The fourth-order valence-electron chi connectivity index (χ4n) is 3.58. The molecular weight excluding hydrogens is 330 g/mol. The quantitative estimate of drug-likeness (QED) is 0.729. The van der Waals surface area contributed by atoms with Gasteiger partial charge in [-0.05, 0) is 5.56 Å². The largest absolute Gasteiger partial charge is 0.332 e. The summed E-state index contributed by atoms with van der Waals surface area (Å²) in [5, 5.41) is 0. The number of nitrogens with two attached hydrogens (primary N) is 1. The van der Waals surface area contributed by atoms with Gasteiger partial charge in [-0.25, -0.2) is 0 Å². The van der Waals surface area contributed by atoms with E-state index in [0.717, 1.165) is 39.3 Å². The van der Waals surface area contributed by atoms with Crippen LogP contribution < -0.4 is 5.73 Å². The third kappa shape index (κ3) is 4.81. The maximum absolute atomic E-state index is 12.6. The van der Waals surface area contributed by atoms with Gasteiger partial charge in [-0.3, -0.25) is 19.4 Å². The maximum Gasteiger partial charge on any atom is 0.312 e. The highest BCUT2D eigenvalue weighted by Gasteiger charge is 2.31. The van der Waals surface area contributed by atoms with Crippen LogP contribution >= 0.6 is 0 Å². The first-order valence-electron chi connectivity index (χ1n) is 9.44. The Morgan fingerprint density at radius 3 is 1.77 bits per heavy atom. The number of benzene rings is 1. The predicted molar refractivity (Wildman–Crippen MR) is 100 cm³/mol. The highest BCUT2D eigenvalue weighted by Crippen LogP contribution is 2.10. The molecule has 7 heteroatoms. The predicted octanol–water partition coefficient (Wildman–Crippen LogP) is -0.566. The molecule has 3 rings (SSSR count). The van der Waals surface area contributed by atoms with E-state index >= 15 is 0 Å². The van der Waals surface area contributed by atoms with E-state index in [2.05, 4.69) is 21.9 Å². The second-order valence-electron chi connectivity index (χ2n) is 6.98. The number of carbonyl (C=O) groups is 2. The lowest BCUT2D eigenvalue weighted by molar-refractivity contribution is -0.153. The molecule has 2 aliphatic rings. The van der Waals surface area contributed by atoms with E-state index in [1.54, 1.807) is 9.80 Å². The zero-order valence-electron chi connectivity index (χ0n) is 15.3.